The average molecular weight is 541 g/mol. The van der Waals surface area contributed by atoms with Crippen LogP contribution in [0.3, 0.4) is 0 Å². The van der Waals surface area contributed by atoms with Crippen molar-refractivity contribution in [3.8, 4) is 0 Å². The van der Waals surface area contributed by atoms with Crippen molar-refractivity contribution in [1.82, 2.24) is 0 Å². The molecule has 40 heavy (non-hydrogen) atoms. The first-order valence-corrected chi connectivity index (χ1v) is 13.5. The summed E-state index contributed by atoms with van der Waals surface area (Å²) in [4.78, 5) is 25.7. The van der Waals surface area contributed by atoms with Crippen LogP contribution >= 0.6 is 0 Å². The summed E-state index contributed by atoms with van der Waals surface area (Å²) in [6.07, 6.45) is 0.989. The molecule has 4 atom stereocenters. The molecular formula is C34H36O6. The largest absolute Gasteiger partial charge is 0.458 e. The van der Waals surface area contributed by atoms with Gasteiger partial charge >= 0.3 is 11.9 Å². The summed E-state index contributed by atoms with van der Waals surface area (Å²) in [5, 5.41) is 0. The van der Waals surface area contributed by atoms with Crippen LogP contribution in [0, 0.1) is 0 Å². The second-order valence-electron chi connectivity index (χ2n) is 9.95. The van der Waals surface area contributed by atoms with Gasteiger partial charge in [0.15, 0.2) is 0 Å². The minimum atomic E-state index is -0.755. The summed E-state index contributed by atoms with van der Waals surface area (Å²) in [5.74, 6) is -0.980. The van der Waals surface area contributed by atoms with Gasteiger partial charge < -0.3 is 18.9 Å². The van der Waals surface area contributed by atoms with Crippen molar-refractivity contribution in [3.63, 3.8) is 0 Å². The molecule has 1 fully saturated rings. The van der Waals surface area contributed by atoms with Crippen LogP contribution < -0.4 is 0 Å². The molecule has 208 valence electrons. The molecule has 3 aromatic rings. The molecule has 4 rings (SSSR count). The lowest BCUT2D eigenvalue weighted by Crippen LogP contribution is -2.34. The van der Waals surface area contributed by atoms with E-state index in [2.05, 4.69) is 6.58 Å². The average Bonchev–Trinajstić information content (AvgIpc) is 3.32. The Hall–Kier alpha value is -4.00. The van der Waals surface area contributed by atoms with E-state index in [4.69, 9.17) is 18.9 Å². The minimum absolute atomic E-state index is 0.117. The van der Waals surface area contributed by atoms with Gasteiger partial charge in [0, 0.05) is 6.42 Å². The van der Waals surface area contributed by atoms with Crippen molar-refractivity contribution in [2.75, 3.05) is 6.61 Å². The molecule has 1 aliphatic heterocycles. The van der Waals surface area contributed by atoms with Crippen molar-refractivity contribution < 1.29 is 28.5 Å². The van der Waals surface area contributed by atoms with Crippen LogP contribution in [-0.2, 0) is 25.6 Å². The molecule has 0 radical (unpaired) electrons. The Labute approximate surface area is 236 Å². The first-order valence-electron chi connectivity index (χ1n) is 13.5. The molecule has 0 amide bonds. The summed E-state index contributed by atoms with van der Waals surface area (Å²) in [6, 6.07) is 27.4. The van der Waals surface area contributed by atoms with Gasteiger partial charge in [0.05, 0.1) is 29.9 Å². The van der Waals surface area contributed by atoms with Gasteiger partial charge in [-0.1, -0.05) is 78.4 Å². The molecule has 0 N–H and O–H groups in total. The van der Waals surface area contributed by atoms with Gasteiger partial charge in [-0.3, -0.25) is 0 Å². The van der Waals surface area contributed by atoms with Crippen molar-refractivity contribution in [3.05, 3.63) is 131 Å². The van der Waals surface area contributed by atoms with Crippen LogP contribution in [-0.4, -0.2) is 43.0 Å². The van der Waals surface area contributed by atoms with E-state index in [9.17, 15) is 9.59 Å². The Morgan fingerprint density at radius 3 is 2.02 bits per heavy atom. The van der Waals surface area contributed by atoms with Gasteiger partial charge in [-0.05, 0) is 55.7 Å². The number of esters is 2. The molecule has 0 aliphatic carbocycles. The molecule has 0 aromatic heterocycles. The first kappa shape index (κ1) is 29.0. The highest BCUT2D eigenvalue weighted by Crippen LogP contribution is 2.36. The third-order valence-corrected chi connectivity index (χ3v) is 6.75. The highest BCUT2D eigenvalue weighted by atomic mass is 16.6. The fourth-order valence-electron chi connectivity index (χ4n) is 4.85. The number of benzene rings is 3. The van der Waals surface area contributed by atoms with Crippen LogP contribution in [0.2, 0.25) is 0 Å². The van der Waals surface area contributed by atoms with E-state index in [0.717, 1.165) is 16.7 Å². The molecule has 1 aliphatic rings. The summed E-state index contributed by atoms with van der Waals surface area (Å²) in [6.45, 7) is 8.28. The Bertz CT molecular complexity index is 1280. The smallest absolute Gasteiger partial charge is 0.338 e. The second-order valence-corrected chi connectivity index (χ2v) is 9.95. The van der Waals surface area contributed by atoms with Gasteiger partial charge in [-0.15, -0.1) is 6.58 Å². The maximum Gasteiger partial charge on any atom is 0.338 e. The SMILES string of the molecule is C=CC[C@@H]1O[C@H](C[C@@H](COC(=O)c2ccccc2)OC(=O)c2ccccc2)[C@H](OCc2ccccc2)C1=C(C)C. The van der Waals surface area contributed by atoms with Crippen molar-refractivity contribution in [2.45, 2.75) is 57.7 Å². The van der Waals surface area contributed by atoms with E-state index in [-0.39, 0.29) is 25.2 Å². The second kappa shape index (κ2) is 14.4. The van der Waals surface area contributed by atoms with Crippen LogP contribution in [0.5, 0.6) is 0 Å². The van der Waals surface area contributed by atoms with Gasteiger partial charge in [-0.2, -0.15) is 0 Å². The summed E-state index contributed by atoms with van der Waals surface area (Å²) in [7, 11) is 0. The quantitative estimate of drug-likeness (QED) is 0.188. The highest BCUT2D eigenvalue weighted by molar-refractivity contribution is 5.90. The normalized spacial score (nSPS) is 19.1. The number of carbonyl (C=O) groups is 2. The molecule has 6 heteroatoms. The van der Waals surface area contributed by atoms with Gasteiger partial charge in [-0.25, -0.2) is 9.59 Å². The number of hydrogen-bond acceptors (Lipinski definition) is 6. The van der Waals surface area contributed by atoms with Crippen LogP contribution in [0.1, 0.15) is 53.0 Å². The molecular weight excluding hydrogens is 504 g/mol. The van der Waals surface area contributed by atoms with E-state index in [0.29, 0.717) is 24.2 Å². The number of rotatable bonds is 12. The van der Waals surface area contributed by atoms with E-state index in [1.807, 2.05) is 62.4 Å². The lowest BCUT2D eigenvalue weighted by molar-refractivity contribution is -0.0620. The maximum absolute atomic E-state index is 13.0. The highest BCUT2D eigenvalue weighted by Gasteiger charge is 2.42. The molecule has 0 bridgehead atoms. The van der Waals surface area contributed by atoms with E-state index < -0.39 is 24.1 Å². The summed E-state index contributed by atoms with van der Waals surface area (Å²) < 4.78 is 24.5. The Morgan fingerprint density at radius 2 is 1.45 bits per heavy atom. The third-order valence-electron chi connectivity index (χ3n) is 6.75. The van der Waals surface area contributed by atoms with Crippen LogP contribution in [0.25, 0.3) is 0 Å². The fourth-order valence-corrected chi connectivity index (χ4v) is 4.85. The molecule has 0 spiro atoms. The number of hydrogen-bond donors (Lipinski definition) is 0. The predicted octanol–water partition coefficient (Wildman–Crippen LogP) is 6.72. The molecule has 6 nitrogen and oxygen atoms in total. The standard InChI is InChI=1S/C34H36O6/c1-4-14-29-31(24(2)3)32(37-22-25-15-8-5-9-16-25)30(40-29)21-28(39-34(36)27-19-12-7-13-20-27)23-38-33(35)26-17-10-6-11-18-26/h4-13,15-20,28-30,32H,1,14,21-23H2,2-3H3/t28-,29-,30+,32-/m0/s1. The predicted molar refractivity (Wildman–Crippen MR) is 154 cm³/mol. The molecule has 1 saturated heterocycles. The van der Waals surface area contributed by atoms with E-state index in [1.165, 1.54) is 0 Å². The number of carbonyl (C=O) groups excluding carboxylic acids is 2. The summed E-state index contributed by atoms with van der Waals surface area (Å²) >= 11 is 0. The van der Waals surface area contributed by atoms with Crippen molar-refractivity contribution in [2.24, 2.45) is 0 Å². The number of allylic oxidation sites excluding steroid dienone is 1. The molecule has 1 heterocycles. The fraction of sp³-hybridized carbons (Fsp3) is 0.294. The van der Waals surface area contributed by atoms with E-state index in [1.54, 1.807) is 48.5 Å². The van der Waals surface area contributed by atoms with Crippen LogP contribution in [0.15, 0.2) is 115 Å². The zero-order valence-corrected chi connectivity index (χ0v) is 23.0. The Morgan fingerprint density at radius 1 is 0.875 bits per heavy atom. The summed E-state index contributed by atoms with van der Waals surface area (Å²) in [5.41, 5.74) is 4.07. The molecule has 0 saturated carbocycles. The Kier molecular flexibility index (Phi) is 10.4. The van der Waals surface area contributed by atoms with E-state index >= 15 is 0 Å². The lowest BCUT2D eigenvalue weighted by Gasteiger charge is -2.25. The molecule has 3 aromatic carbocycles. The lowest BCUT2D eigenvalue weighted by atomic mass is 9.95. The zero-order chi connectivity index (χ0) is 28.3. The number of ether oxygens (including phenoxy) is 4. The minimum Gasteiger partial charge on any atom is -0.458 e. The van der Waals surface area contributed by atoms with Crippen molar-refractivity contribution >= 4 is 11.9 Å². The third kappa shape index (κ3) is 7.78. The Balaban J connectivity index is 1.55. The topological polar surface area (TPSA) is 71.1 Å². The molecule has 0 unspecified atom stereocenters. The maximum atomic E-state index is 13.0. The van der Waals surface area contributed by atoms with Crippen LogP contribution in [0.4, 0.5) is 0 Å². The first-order chi connectivity index (χ1) is 19.5. The van der Waals surface area contributed by atoms with Gasteiger partial charge in [0.2, 0.25) is 0 Å². The zero-order valence-electron chi connectivity index (χ0n) is 23.0. The van der Waals surface area contributed by atoms with Gasteiger partial charge in [0.25, 0.3) is 0 Å². The van der Waals surface area contributed by atoms with Gasteiger partial charge in [0.1, 0.15) is 18.8 Å². The van der Waals surface area contributed by atoms with Crippen molar-refractivity contribution in [1.29, 1.82) is 0 Å². The monoisotopic (exact) mass is 540 g/mol.